The second-order valence-electron chi connectivity index (χ2n) is 2.30. The zero-order chi connectivity index (χ0) is 9.84. The van der Waals surface area contributed by atoms with Crippen molar-refractivity contribution in [1.29, 1.82) is 0 Å². The molecule has 1 aromatic heterocycles. The normalized spacial score (nSPS) is 9.62. The molecule has 3 nitrogen and oxygen atoms in total. The SMILES string of the molecule is C#CCCn1cnc(Cl)c(Cl)c1=O. The lowest BCUT2D eigenvalue weighted by molar-refractivity contribution is 0.673. The number of rotatable bonds is 2. The van der Waals surface area contributed by atoms with Crippen LogP contribution in [-0.2, 0) is 6.54 Å². The topological polar surface area (TPSA) is 34.9 Å². The summed E-state index contributed by atoms with van der Waals surface area (Å²) in [6.07, 6.45) is 6.83. The second kappa shape index (κ2) is 4.31. The maximum Gasteiger partial charge on any atom is 0.273 e. The van der Waals surface area contributed by atoms with Gasteiger partial charge >= 0.3 is 0 Å². The number of aromatic nitrogens is 2. The molecule has 0 saturated heterocycles. The highest BCUT2D eigenvalue weighted by atomic mass is 35.5. The summed E-state index contributed by atoms with van der Waals surface area (Å²) in [5.74, 6) is 2.41. The molecule has 0 spiro atoms. The smallest absolute Gasteiger partial charge is 0.273 e. The molecule has 0 aliphatic rings. The van der Waals surface area contributed by atoms with Gasteiger partial charge in [0.15, 0.2) is 5.15 Å². The Hall–Kier alpha value is -0.980. The molecular weight excluding hydrogens is 211 g/mol. The van der Waals surface area contributed by atoms with Gasteiger partial charge < -0.3 is 0 Å². The molecule has 0 radical (unpaired) electrons. The van der Waals surface area contributed by atoms with Gasteiger partial charge in [-0.1, -0.05) is 23.2 Å². The van der Waals surface area contributed by atoms with Crippen molar-refractivity contribution in [2.24, 2.45) is 0 Å². The lowest BCUT2D eigenvalue weighted by atomic mass is 10.4. The molecule has 68 valence electrons. The fourth-order valence-corrected chi connectivity index (χ4v) is 1.07. The van der Waals surface area contributed by atoms with Gasteiger partial charge in [-0.2, -0.15) is 0 Å². The molecule has 0 fully saturated rings. The zero-order valence-corrected chi connectivity index (χ0v) is 8.14. The van der Waals surface area contributed by atoms with E-state index in [1.54, 1.807) is 0 Å². The number of terminal acetylenes is 1. The minimum atomic E-state index is -0.364. The molecule has 0 atom stereocenters. The van der Waals surface area contributed by atoms with E-state index in [1.165, 1.54) is 10.9 Å². The molecule has 0 aliphatic carbocycles. The lowest BCUT2D eigenvalue weighted by Gasteiger charge is -2.02. The monoisotopic (exact) mass is 216 g/mol. The number of hydrogen-bond acceptors (Lipinski definition) is 2. The van der Waals surface area contributed by atoms with Crippen LogP contribution >= 0.6 is 23.2 Å². The van der Waals surface area contributed by atoms with Crippen LogP contribution in [-0.4, -0.2) is 9.55 Å². The summed E-state index contributed by atoms with van der Waals surface area (Å²) in [4.78, 5) is 15.1. The van der Waals surface area contributed by atoms with E-state index in [4.69, 9.17) is 29.6 Å². The van der Waals surface area contributed by atoms with Crippen LogP contribution in [0.4, 0.5) is 0 Å². The minimum absolute atomic E-state index is 0.0172. The molecule has 1 heterocycles. The summed E-state index contributed by atoms with van der Waals surface area (Å²) in [6.45, 7) is 0.402. The molecule has 0 unspecified atom stereocenters. The highest BCUT2D eigenvalue weighted by Crippen LogP contribution is 2.12. The van der Waals surface area contributed by atoms with Crippen molar-refractivity contribution in [3.63, 3.8) is 0 Å². The van der Waals surface area contributed by atoms with Gasteiger partial charge in [-0.3, -0.25) is 9.36 Å². The highest BCUT2D eigenvalue weighted by Gasteiger charge is 2.05. The average molecular weight is 217 g/mol. The molecule has 0 aliphatic heterocycles. The van der Waals surface area contributed by atoms with E-state index in [1.807, 2.05) is 0 Å². The first-order valence-corrected chi connectivity index (χ1v) is 4.26. The Kier molecular flexibility index (Phi) is 3.35. The molecule has 0 N–H and O–H groups in total. The lowest BCUT2D eigenvalue weighted by Crippen LogP contribution is -2.20. The van der Waals surface area contributed by atoms with E-state index in [2.05, 4.69) is 10.9 Å². The first-order chi connectivity index (χ1) is 6.16. The number of hydrogen-bond donors (Lipinski definition) is 0. The van der Waals surface area contributed by atoms with Crippen LogP contribution in [0, 0.1) is 12.3 Å². The molecule has 1 rings (SSSR count). The first kappa shape index (κ1) is 10.1. The molecular formula is C8H6Cl2N2O. The maximum atomic E-state index is 11.3. The van der Waals surface area contributed by atoms with E-state index in [9.17, 15) is 4.79 Å². The van der Waals surface area contributed by atoms with E-state index in [0.717, 1.165) is 0 Å². The van der Waals surface area contributed by atoms with E-state index >= 15 is 0 Å². The third kappa shape index (κ3) is 2.24. The van der Waals surface area contributed by atoms with Crippen molar-refractivity contribution < 1.29 is 0 Å². The first-order valence-electron chi connectivity index (χ1n) is 3.50. The summed E-state index contributed by atoms with van der Waals surface area (Å²) in [7, 11) is 0. The molecule has 0 saturated carbocycles. The molecule has 0 amide bonds. The van der Waals surface area contributed by atoms with Crippen molar-refractivity contribution in [3.05, 3.63) is 26.9 Å². The summed E-state index contributed by atoms with van der Waals surface area (Å²) in [5, 5.41) is -0.0511. The summed E-state index contributed by atoms with van der Waals surface area (Å²) in [5.41, 5.74) is -0.364. The van der Waals surface area contributed by atoms with Gasteiger partial charge in [0.25, 0.3) is 5.56 Å². The van der Waals surface area contributed by atoms with Gasteiger partial charge in [-0.05, 0) is 0 Å². The van der Waals surface area contributed by atoms with Crippen LogP contribution in [0.15, 0.2) is 11.1 Å². The molecule has 0 aromatic carbocycles. The van der Waals surface area contributed by atoms with Crippen LogP contribution in [0.5, 0.6) is 0 Å². The van der Waals surface area contributed by atoms with Crippen LogP contribution in [0.1, 0.15) is 6.42 Å². The summed E-state index contributed by atoms with van der Waals surface area (Å²) < 4.78 is 1.33. The predicted octanol–water partition coefficient (Wildman–Crippen LogP) is 1.57. The van der Waals surface area contributed by atoms with E-state index in [-0.39, 0.29) is 15.7 Å². The zero-order valence-electron chi connectivity index (χ0n) is 6.63. The Bertz CT molecular complexity index is 406. The number of nitrogens with zero attached hydrogens (tertiary/aromatic N) is 2. The van der Waals surface area contributed by atoms with Crippen LogP contribution in [0.3, 0.4) is 0 Å². The number of halogens is 2. The molecule has 0 bridgehead atoms. The third-order valence-corrected chi connectivity index (χ3v) is 2.16. The quantitative estimate of drug-likeness (QED) is 0.556. The van der Waals surface area contributed by atoms with Gasteiger partial charge in [-0.15, -0.1) is 12.3 Å². The summed E-state index contributed by atoms with van der Waals surface area (Å²) in [6, 6.07) is 0. The Balaban J connectivity index is 3.06. The standard InChI is InChI=1S/C8H6Cl2N2O/c1-2-3-4-12-5-11-7(10)6(9)8(12)13/h1,5H,3-4H2. The Morgan fingerprint density at radius 2 is 2.31 bits per heavy atom. The van der Waals surface area contributed by atoms with Crippen molar-refractivity contribution in [2.75, 3.05) is 0 Å². The average Bonchev–Trinajstić information content (AvgIpc) is 2.13. The van der Waals surface area contributed by atoms with Gasteiger partial charge in [0, 0.05) is 13.0 Å². The molecule has 13 heavy (non-hydrogen) atoms. The van der Waals surface area contributed by atoms with Gasteiger partial charge in [0.05, 0.1) is 6.33 Å². The van der Waals surface area contributed by atoms with Crippen molar-refractivity contribution in [3.8, 4) is 12.3 Å². The van der Waals surface area contributed by atoms with Crippen molar-refractivity contribution in [2.45, 2.75) is 13.0 Å². The van der Waals surface area contributed by atoms with Crippen LogP contribution in [0.25, 0.3) is 0 Å². The van der Waals surface area contributed by atoms with Crippen molar-refractivity contribution in [1.82, 2.24) is 9.55 Å². The van der Waals surface area contributed by atoms with E-state index in [0.29, 0.717) is 13.0 Å². The van der Waals surface area contributed by atoms with Crippen molar-refractivity contribution >= 4 is 23.2 Å². The Morgan fingerprint density at radius 1 is 1.62 bits per heavy atom. The van der Waals surface area contributed by atoms with Crippen LogP contribution < -0.4 is 5.56 Å². The predicted molar refractivity (Wildman–Crippen MR) is 52.0 cm³/mol. The third-order valence-electron chi connectivity index (χ3n) is 1.44. The largest absolute Gasteiger partial charge is 0.297 e. The van der Waals surface area contributed by atoms with Crippen LogP contribution in [0.2, 0.25) is 10.2 Å². The number of aryl methyl sites for hydroxylation is 1. The minimum Gasteiger partial charge on any atom is -0.297 e. The highest BCUT2D eigenvalue weighted by molar-refractivity contribution is 6.40. The Morgan fingerprint density at radius 3 is 2.92 bits per heavy atom. The fraction of sp³-hybridized carbons (Fsp3) is 0.250. The molecule has 1 aromatic rings. The van der Waals surface area contributed by atoms with Gasteiger partial charge in [-0.25, -0.2) is 4.98 Å². The Labute approximate surface area is 85.3 Å². The van der Waals surface area contributed by atoms with Gasteiger partial charge in [0.1, 0.15) is 5.02 Å². The summed E-state index contributed by atoms with van der Waals surface area (Å²) >= 11 is 11.1. The van der Waals surface area contributed by atoms with Gasteiger partial charge in [0.2, 0.25) is 0 Å². The maximum absolute atomic E-state index is 11.3. The second-order valence-corrected chi connectivity index (χ2v) is 3.04. The molecule has 5 heteroatoms. The van der Waals surface area contributed by atoms with E-state index < -0.39 is 0 Å². The fourth-order valence-electron chi connectivity index (χ4n) is 0.788.